The lowest BCUT2D eigenvalue weighted by Crippen LogP contribution is -2.47. The second kappa shape index (κ2) is 11.0. The topological polar surface area (TPSA) is 113 Å². The SMILES string of the molecule is C[C@@H]1CN([C@@H](C)CO)C(=O)Cc2cc(NC(=O)Nc3ccc4c(c3)OCO4)ccc2O[C@H]1CN(C)C. The minimum atomic E-state index is -0.432. The molecule has 2 aromatic carbocycles. The van der Waals surface area contributed by atoms with Crippen LogP contribution >= 0.6 is 0 Å². The van der Waals surface area contributed by atoms with Gasteiger partial charge in [-0.2, -0.15) is 0 Å². The van der Waals surface area contributed by atoms with Crippen molar-refractivity contribution in [2.45, 2.75) is 32.4 Å². The monoisotopic (exact) mass is 498 g/mol. The quantitative estimate of drug-likeness (QED) is 0.561. The van der Waals surface area contributed by atoms with Crippen LogP contribution in [0.25, 0.3) is 0 Å². The van der Waals surface area contributed by atoms with Gasteiger partial charge in [-0.3, -0.25) is 4.79 Å². The zero-order valence-electron chi connectivity index (χ0n) is 21.1. The van der Waals surface area contributed by atoms with Crippen LogP contribution in [-0.2, 0) is 11.2 Å². The molecule has 194 valence electrons. The Morgan fingerprint density at radius 2 is 1.78 bits per heavy atom. The lowest BCUT2D eigenvalue weighted by Gasteiger charge is -2.33. The third kappa shape index (κ3) is 6.00. The number of benzene rings is 2. The van der Waals surface area contributed by atoms with Gasteiger partial charge in [-0.1, -0.05) is 6.92 Å². The maximum Gasteiger partial charge on any atom is 0.323 e. The highest BCUT2D eigenvalue weighted by Gasteiger charge is 2.30. The van der Waals surface area contributed by atoms with Crippen molar-refractivity contribution in [2.75, 3.05) is 51.2 Å². The molecule has 0 radical (unpaired) electrons. The predicted molar refractivity (Wildman–Crippen MR) is 136 cm³/mol. The van der Waals surface area contributed by atoms with Crippen molar-refractivity contribution in [2.24, 2.45) is 5.92 Å². The second-order valence-corrected chi connectivity index (χ2v) is 9.62. The lowest BCUT2D eigenvalue weighted by atomic mass is 10.0. The Hall–Kier alpha value is -3.50. The molecule has 0 bridgehead atoms. The molecule has 0 unspecified atom stereocenters. The fraction of sp³-hybridized carbons (Fsp3) is 0.462. The van der Waals surface area contributed by atoms with E-state index in [2.05, 4.69) is 22.5 Å². The van der Waals surface area contributed by atoms with Gasteiger partial charge < -0.3 is 39.8 Å². The van der Waals surface area contributed by atoms with Crippen LogP contribution < -0.4 is 24.8 Å². The highest BCUT2D eigenvalue weighted by molar-refractivity contribution is 6.00. The van der Waals surface area contributed by atoms with Crippen molar-refractivity contribution in [1.29, 1.82) is 0 Å². The third-order valence-electron chi connectivity index (χ3n) is 6.35. The van der Waals surface area contributed by atoms with Crippen molar-refractivity contribution in [3.63, 3.8) is 0 Å². The van der Waals surface area contributed by atoms with E-state index >= 15 is 0 Å². The maximum absolute atomic E-state index is 13.3. The number of carbonyl (C=O) groups excluding carboxylic acids is 2. The fourth-order valence-corrected chi connectivity index (χ4v) is 4.35. The van der Waals surface area contributed by atoms with Gasteiger partial charge in [-0.05, 0) is 51.4 Å². The average molecular weight is 499 g/mol. The molecule has 0 saturated heterocycles. The van der Waals surface area contributed by atoms with Gasteiger partial charge in [0.15, 0.2) is 11.5 Å². The maximum atomic E-state index is 13.3. The molecular formula is C26H34N4O6. The van der Waals surface area contributed by atoms with E-state index in [0.29, 0.717) is 47.3 Å². The van der Waals surface area contributed by atoms with E-state index < -0.39 is 6.03 Å². The number of ether oxygens (including phenoxy) is 3. The molecule has 3 N–H and O–H groups in total. The first-order valence-corrected chi connectivity index (χ1v) is 12.1. The summed E-state index contributed by atoms with van der Waals surface area (Å²) in [7, 11) is 3.96. The summed E-state index contributed by atoms with van der Waals surface area (Å²) in [6, 6.07) is 9.73. The fourth-order valence-electron chi connectivity index (χ4n) is 4.35. The molecule has 0 aliphatic carbocycles. The van der Waals surface area contributed by atoms with Gasteiger partial charge in [0.1, 0.15) is 11.9 Å². The van der Waals surface area contributed by atoms with Crippen LogP contribution in [0.5, 0.6) is 17.2 Å². The van der Waals surface area contributed by atoms with Crippen molar-refractivity contribution in [3.05, 3.63) is 42.0 Å². The van der Waals surface area contributed by atoms with E-state index in [0.717, 1.165) is 0 Å². The van der Waals surface area contributed by atoms with E-state index in [1.54, 1.807) is 41.3 Å². The number of hydrogen-bond donors (Lipinski definition) is 3. The van der Waals surface area contributed by atoms with Crippen LogP contribution in [0.4, 0.5) is 16.2 Å². The molecule has 2 aliphatic heterocycles. The number of nitrogens with one attached hydrogen (secondary N) is 2. The Labute approximate surface area is 211 Å². The van der Waals surface area contributed by atoms with Crippen molar-refractivity contribution in [3.8, 4) is 17.2 Å². The van der Waals surface area contributed by atoms with E-state index in [9.17, 15) is 14.7 Å². The molecule has 3 amide bonds. The molecule has 3 atom stereocenters. The average Bonchev–Trinajstić information content (AvgIpc) is 3.31. The van der Waals surface area contributed by atoms with Crippen LogP contribution in [0.2, 0.25) is 0 Å². The number of rotatable bonds is 6. The summed E-state index contributed by atoms with van der Waals surface area (Å²) in [6.45, 7) is 5.09. The number of aliphatic hydroxyl groups is 1. The molecule has 2 aliphatic rings. The molecule has 36 heavy (non-hydrogen) atoms. The Bertz CT molecular complexity index is 1110. The van der Waals surface area contributed by atoms with E-state index in [1.165, 1.54) is 0 Å². The number of carbonyl (C=O) groups is 2. The first-order valence-electron chi connectivity index (χ1n) is 12.1. The Morgan fingerprint density at radius 1 is 1.11 bits per heavy atom. The van der Waals surface area contributed by atoms with Gasteiger partial charge in [0.2, 0.25) is 12.7 Å². The molecular weight excluding hydrogens is 464 g/mol. The van der Waals surface area contributed by atoms with Crippen molar-refractivity contribution >= 4 is 23.3 Å². The molecule has 0 fully saturated rings. The number of fused-ring (bicyclic) bond motifs is 2. The number of likely N-dealkylation sites (N-methyl/N-ethyl adjacent to an activating group) is 1. The first-order chi connectivity index (χ1) is 17.2. The van der Waals surface area contributed by atoms with Crippen molar-refractivity contribution < 1.29 is 28.9 Å². The van der Waals surface area contributed by atoms with Crippen LogP contribution in [0.15, 0.2) is 36.4 Å². The second-order valence-electron chi connectivity index (χ2n) is 9.62. The molecule has 10 heteroatoms. The third-order valence-corrected chi connectivity index (χ3v) is 6.35. The number of hydrogen-bond acceptors (Lipinski definition) is 7. The zero-order valence-corrected chi connectivity index (χ0v) is 21.1. The molecule has 2 heterocycles. The standard InChI is InChI=1S/C26H34N4O6/c1-16-12-30(17(2)14-31)25(32)10-18-9-19(5-7-21(18)36-24(16)13-29(3)4)27-26(33)28-20-6-8-22-23(11-20)35-15-34-22/h5-9,11,16-17,24,31H,10,12-15H2,1-4H3,(H2,27,28,33)/t16-,17+,24+/m1/s1. The van der Waals surface area contributed by atoms with E-state index in [4.69, 9.17) is 14.2 Å². The summed E-state index contributed by atoms with van der Waals surface area (Å²) in [5.74, 6) is 1.77. The minimum absolute atomic E-state index is 0.0431. The summed E-state index contributed by atoms with van der Waals surface area (Å²) in [5, 5.41) is 15.3. The molecule has 4 rings (SSSR count). The van der Waals surface area contributed by atoms with Gasteiger partial charge >= 0.3 is 6.03 Å². The smallest absolute Gasteiger partial charge is 0.323 e. The lowest BCUT2D eigenvalue weighted by molar-refractivity contribution is -0.134. The number of amides is 3. The Kier molecular flexibility index (Phi) is 7.85. The summed E-state index contributed by atoms with van der Waals surface area (Å²) in [4.78, 5) is 29.7. The van der Waals surface area contributed by atoms with Gasteiger partial charge in [0.05, 0.1) is 19.1 Å². The van der Waals surface area contributed by atoms with E-state index in [-0.39, 0.29) is 43.8 Å². The molecule has 0 saturated carbocycles. The molecule has 0 spiro atoms. The van der Waals surface area contributed by atoms with Gasteiger partial charge in [0.25, 0.3) is 0 Å². The van der Waals surface area contributed by atoms with Crippen LogP contribution in [0.1, 0.15) is 19.4 Å². The largest absolute Gasteiger partial charge is 0.488 e. The summed E-state index contributed by atoms with van der Waals surface area (Å²) in [6.07, 6.45) is -0.0634. The van der Waals surface area contributed by atoms with Crippen LogP contribution in [0.3, 0.4) is 0 Å². The summed E-state index contributed by atoms with van der Waals surface area (Å²) in [5.41, 5.74) is 1.77. The van der Waals surface area contributed by atoms with Crippen LogP contribution in [0, 0.1) is 5.92 Å². The first kappa shape index (κ1) is 25.6. The zero-order chi connectivity index (χ0) is 25.8. The molecule has 0 aromatic heterocycles. The molecule has 2 aromatic rings. The highest BCUT2D eigenvalue weighted by atomic mass is 16.7. The molecule has 10 nitrogen and oxygen atoms in total. The minimum Gasteiger partial charge on any atom is -0.488 e. The summed E-state index contributed by atoms with van der Waals surface area (Å²) >= 11 is 0. The predicted octanol–water partition coefficient (Wildman–Crippen LogP) is 2.77. The normalized spacial score (nSPS) is 20.1. The summed E-state index contributed by atoms with van der Waals surface area (Å²) < 4.78 is 17.1. The number of nitrogens with zero attached hydrogens (tertiary/aromatic N) is 2. The van der Waals surface area contributed by atoms with Gasteiger partial charge in [0, 0.05) is 42.0 Å². The Balaban J connectivity index is 1.54. The highest BCUT2D eigenvalue weighted by Crippen LogP contribution is 2.34. The Morgan fingerprint density at radius 3 is 2.47 bits per heavy atom. The van der Waals surface area contributed by atoms with Gasteiger partial charge in [-0.15, -0.1) is 0 Å². The number of anilines is 2. The van der Waals surface area contributed by atoms with Crippen LogP contribution in [-0.4, -0.2) is 79.6 Å². The number of aliphatic hydroxyl groups excluding tert-OH is 1. The number of urea groups is 1. The van der Waals surface area contributed by atoms with E-state index in [1.807, 2.05) is 21.0 Å². The van der Waals surface area contributed by atoms with Crippen molar-refractivity contribution in [1.82, 2.24) is 9.80 Å². The van der Waals surface area contributed by atoms with Gasteiger partial charge in [-0.25, -0.2) is 4.79 Å².